The Morgan fingerprint density at radius 2 is 1.58 bits per heavy atom. The predicted molar refractivity (Wildman–Crippen MR) is 146 cm³/mol. The first-order valence-electron chi connectivity index (χ1n) is 11.8. The second-order valence-electron chi connectivity index (χ2n) is 8.69. The van der Waals surface area contributed by atoms with Crippen LogP contribution < -0.4 is 5.32 Å². The zero-order valence-corrected chi connectivity index (χ0v) is 20.3. The highest BCUT2D eigenvalue weighted by Gasteiger charge is 2.25. The number of anilines is 1. The molecule has 1 amide bonds. The van der Waals surface area contributed by atoms with Gasteiger partial charge in [-0.3, -0.25) is 9.59 Å². The van der Waals surface area contributed by atoms with Gasteiger partial charge in [0, 0.05) is 56.3 Å². The molecule has 3 heterocycles. The Kier molecular flexibility index (Phi) is 5.35. The number of pyridine rings is 1. The van der Waals surface area contributed by atoms with Crippen molar-refractivity contribution in [3.05, 3.63) is 108 Å². The molecule has 36 heavy (non-hydrogen) atoms. The minimum absolute atomic E-state index is 0.314. The maximum absolute atomic E-state index is 13.5. The maximum Gasteiger partial charge on any atom is 0.298 e. The number of rotatable bonds is 5. The highest BCUT2D eigenvalue weighted by atomic mass is 35.5. The lowest BCUT2D eigenvalue weighted by Gasteiger charge is -2.09. The molecule has 176 valence electrons. The van der Waals surface area contributed by atoms with Crippen LogP contribution in [0.2, 0.25) is 5.02 Å². The minimum atomic E-state index is -0.687. The second kappa shape index (κ2) is 8.70. The number of nitrogens with one attached hydrogen (secondary N) is 1. The fourth-order valence-electron chi connectivity index (χ4n) is 4.97. The number of benzene rings is 3. The van der Waals surface area contributed by atoms with Crippen LogP contribution in [0.15, 0.2) is 97.2 Å². The standard InChI is InChI=1S/C30H22ClN3O2/c1-2-33-26-9-4-3-8-23(26)25-17-21(14-15-27(25)33)32-30(36)29(35)28-24(19-10-12-20(31)13-11-19)18-22-7-5-6-16-34(22)28/h3-18H,2H2,1H3,(H,32,36). The van der Waals surface area contributed by atoms with Crippen LogP contribution in [0.5, 0.6) is 0 Å². The number of amides is 1. The smallest absolute Gasteiger partial charge is 0.298 e. The van der Waals surface area contributed by atoms with Gasteiger partial charge in [0.05, 0.1) is 0 Å². The Hall–Kier alpha value is -4.35. The van der Waals surface area contributed by atoms with Gasteiger partial charge in [-0.15, -0.1) is 0 Å². The Labute approximate surface area is 212 Å². The lowest BCUT2D eigenvalue weighted by atomic mass is 10.0. The normalized spacial score (nSPS) is 11.4. The maximum atomic E-state index is 13.5. The molecule has 5 nitrogen and oxygen atoms in total. The van der Waals surface area contributed by atoms with Crippen LogP contribution in [0.4, 0.5) is 5.69 Å². The van der Waals surface area contributed by atoms with Crippen molar-refractivity contribution in [3.63, 3.8) is 0 Å². The highest BCUT2D eigenvalue weighted by molar-refractivity contribution is 6.47. The summed E-state index contributed by atoms with van der Waals surface area (Å²) in [6.45, 7) is 2.95. The minimum Gasteiger partial charge on any atom is -0.341 e. The molecule has 6 aromatic rings. The number of hydrogen-bond donors (Lipinski definition) is 1. The third kappa shape index (κ3) is 3.56. The fraction of sp³-hybridized carbons (Fsp3) is 0.0667. The van der Waals surface area contributed by atoms with E-state index in [1.165, 1.54) is 0 Å². The summed E-state index contributed by atoms with van der Waals surface area (Å²) in [5, 5.41) is 5.58. The van der Waals surface area contributed by atoms with Gasteiger partial charge >= 0.3 is 0 Å². The van der Waals surface area contributed by atoms with E-state index in [9.17, 15) is 9.59 Å². The summed E-state index contributed by atoms with van der Waals surface area (Å²) in [6.07, 6.45) is 1.79. The number of para-hydroxylation sites is 1. The average molecular weight is 492 g/mol. The van der Waals surface area contributed by atoms with Crippen molar-refractivity contribution < 1.29 is 9.59 Å². The van der Waals surface area contributed by atoms with Crippen molar-refractivity contribution in [2.45, 2.75) is 13.5 Å². The first-order chi connectivity index (χ1) is 17.5. The van der Waals surface area contributed by atoms with Crippen molar-refractivity contribution in [1.29, 1.82) is 0 Å². The third-order valence-electron chi connectivity index (χ3n) is 6.60. The number of carbonyl (C=O) groups excluding carboxylic acids is 2. The van der Waals surface area contributed by atoms with Gasteiger partial charge in [0.15, 0.2) is 0 Å². The third-order valence-corrected chi connectivity index (χ3v) is 6.85. The molecule has 6 heteroatoms. The van der Waals surface area contributed by atoms with Gasteiger partial charge in [-0.25, -0.2) is 0 Å². The molecule has 1 N–H and O–H groups in total. The molecular weight excluding hydrogens is 470 g/mol. The summed E-state index contributed by atoms with van der Waals surface area (Å²) in [4.78, 5) is 26.8. The zero-order chi connectivity index (χ0) is 24.8. The number of hydrogen-bond acceptors (Lipinski definition) is 2. The number of carbonyl (C=O) groups is 2. The van der Waals surface area contributed by atoms with E-state index >= 15 is 0 Å². The quantitative estimate of drug-likeness (QED) is 0.204. The molecule has 0 saturated heterocycles. The van der Waals surface area contributed by atoms with Gasteiger partial charge in [-0.1, -0.05) is 48.0 Å². The van der Waals surface area contributed by atoms with Crippen LogP contribution in [-0.2, 0) is 11.3 Å². The summed E-state index contributed by atoms with van der Waals surface area (Å²) in [5.74, 6) is -1.30. The number of nitrogens with zero attached hydrogens (tertiary/aromatic N) is 2. The molecule has 0 bridgehead atoms. The van der Waals surface area contributed by atoms with Crippen molar-refractivity contribution in [2.24, 2.45) is 0 Å². The zero-order valence-electron chi connectivity index (χ0n) is 19.5. The lowest BCUT2D eigenvalue weighted by molar-refractivity contribution is -0.112. The molecule has 0 aliphatic heterocycles. The van der Waals surface area contributed by atoms with E-state index in [2.05, 4.69) is 28.9 Å². The van der Waals surface area contributed by atoms with Crippen molar-refractivity contribution >= 4 is 56.3 Å². The van der Waals surface area contributed by atoms with E-state index in [0.717, 1.165) is 39.4 Å². The number of aryl methyl sites for hydroxylation is 1. The largest absolute Gasteiger partial charge is 0.341 e. The summed E-state index contributed by atoms with van der Waals surface area (Å²) >= 11 is 6.07. The first kappa shape index (κ1) is 22.1. The van der Waals surface area contributed by atoms with Crippen molar-refractivity contribution in [2.75, 3.05) is 5.32 Å². The molecule has 0 saturated carbocycles. The van der Waals surface area contributed by atoms with Crippen LogP contribution >= 0.6 is 11.6 Å². The second-order valence-corrected chi connectivity index (χ2v) is 9.12. The van der Waals surface area contributed by atoms with E-state index in [1.807, 2.05) is 66.7 Å². The van der Waals surface area contributed by atoms with Gasteiger partial charge in [-0.2, -0.15) is 0 Å². The fourth-order valence-corrected chi connectivity index (χ4v) is 5.10. The van der Waals surface area contributed by atoms with E-state index in [4.69, 9.17) is 11.6 Å². The van der Waals surface area contributed by atoms with Gasteiger partial charge < -0.3 is 14.3 Å². The van der Waals surface area contributed by atoms with Gasteiger partial charge in [-0.05, 0) is 67.1 Å². The van der Waals surface area contributed by atoms with Crippen LogP contribution in [-0.4, -0.2) is 20.7 Å². The van der Waals surface area contributed by atoms with Crippen LogP contribution in [0.1, 0.15) is 17.4 Å². The first-order valence-corrected chi connectivity index (χ1v) is 12.2. The monoisotopic (exact) mass is 491 g/mol. The molecule has 0 atom stereocenters. The molecule has 0 spiro atoms. The Morgan fingerprint density at radius 1 is 0.833 bits per heavy atom. The number of ketones is 1. The number of halogens is 1. The summed E-state index contributed by atoms with van der Waals surface area (Å²) in [6, 6.07) is 28.8. The van der Waals surface area contributed by atoms with Gasteiger partial charge in [0.1, 0.15) is 5.69 Å². The molecule has 0 fully saturated rings. The van der Waals surface area contributed by atoms with Crippen molar-refractivity contribution in [1.82, 2.24) is 8.97 Å². The van der Waals surface area contributed by atoms with E-state index in [1.54, 1.807) is 22.7 Å². The van der Waals surface area contributed by atoms with E-state index < -0.39 is 11.7 Å². The number of aromatic nitrogens is 2. The predicted octanol–water partition coefficient (Wildman–Crippen LogP) is 7.21. The molecule has 3 aromatic heterocycles. The van der Waals surface area contributed by atoms with Crippen LogP contribution in [0, 0.1) is 0 Å². The highest BCUT2D eigenvalue weighted by Crippen LogP contribution is 2.32. The average Bonchev–Trinajstić information content (AvgIpc) is 3.44. The molecule has 0 radical (unpaired) electrons. The van der Waals surface area contributed by atoms with Crippen LogP contribution in [0.3, 0.4) is 0 Å². The van der Waals surface area contributed by atoms with E-state index in [-0.39, 0.29) is 0 Å². The SMILES string of the molecule is CCn1c2ccccc2c2cc(NC(=O)C(=O)c3c(-c4ccc(Cl)cc4)cc4ccccn34)ccc21. The summed E-state index contributed by atoms with van der Waals surface area (Å²) < 4.78 is 4.00. The molecule has 0 aliphatic rings. The van der Waals surface area contributed by atoms with Gasteiger partial charge in [0.2, 0.25) is 0 Å². The molecule has 6 rings (SSSR count). The molecular formula is C30H22ClN3O2. The molecule has 0 unspecified atom stereocenters. The van der Waals surface area contributed by atoms with Crippen LogP contribution in [0.25, 0.3) is 38.4 Å². The Balaban J connectivity index is 1.40. The number of Topliss-reactive ketones (excluding diaryl/α,β-unsaturated/α-hetero) is 1. The Morgan fingerprint density at radius 3 is 2.39 bits per heavy atom. The Bertz CT molecular complexity index is 1790. The summed E-state index contributed by atoms with van der Waals surface area (Å²) in [5.41, 5.74) is 5.44. The van der Waals surface area contributed by atoms with Crippen molar-refractivity contribution in [3.8, 4) is 11.1 Å². The molecule has 3 aromatic carbocycles. The summed E-state index contributed by atoms with van der Waals surface area (Å²) in [7, 11) is 0. The lowest BCUT2D eigenvalue weighted by Crippen LogP contribution is -2.24. The van der Waals surface area contributed by atoms with E-state index in [0.29, 0.717) is 22.0 Å². The number of fused-ring (bicyclic) bond motifs is 4. The molecule has 0 aliphatic carbocycles. The topological polar surface area (TPSA) is 55.5 Å². The van der Waals surface area contributed by atoms with Gasteiger partial charge in [0.25, 0.3) is 11.7 Å².